The SMILES string of the molecule is CCCN(CCC)C1CCc2cccc(C(C)NC=O)c2C1. The van der Waals surface area contributed by atoms with Gasteiger partial charge in [-0.3, -0.25) is 4.79 Å². The van der Waals surface area contributed by atoms with Crippen LogP contribution in [0.4, 0.5) is 0 Å². The first-order valence-corrected chi connectivity index (χ1v) is 8.75. The van der Waals surface area contributed by atoms with E-state index in [1.54, 1.807) is 0 Å². The molecule has 2 atom stereocenters. The zero-order chi connectivity index (χ0) is 15.9. The van der Waals surface area contributed by atoms with Crippen LogP contribution in [-0.2, 0) is 17.6 Å². The lowest BCUT2D eigenvalue weighted by atomic mass is 9.83. The van der Waals surface area contributed by atoms with Crippen LogP contribution in [-0.4, -0.2) is 30.4 Å². The average molecular weight is 302 g/mol. The van der Waals surface area contributed by atoms with Crippen molar-refractivity contribution in [3.05, 3.63) is 34.9 Å². The van der Waals surface area contributed by atoms with E-state index in [1.165, 1.54) is 49.0 Å². The van der Waals surface area contributed by atoms with Crippen molar-refractivity contribution in [3.8, 4) is 0 Å². The first-order valence-electron chi connectivity index (χ1n) is 8.75. The molecule has 1 aliphatic rings. The summed E-state index contributed by atoms with van der Waals surface area (Å²) in [6.07, 6.45) is 6.78. The van der Waals surface area contributed by atoms with Crippen molar-refractivity contribution in [2.24, 2.45) is 0 Å². The van der Waals surface area contributed by atoms with Crippen molar-refractivity contribution in [3.63, 3.8) is 0 Å². The second kappa shape index (κ2) is 8.33. The predicted octanol–water partition coefficient (Wildman–Crippen LogP) is 3.47. The monoisotopic (exact) mass is 302 g/mol. The van der Waals surface area contributed by atoms with Crippen molar-refractivity contribution in [1.29, 1.82) is 0 Å². The number of hydrogen-bond acceptors (Lipinski definition) is 2. The molecule has 1 aliphatic carbocycles. The summed E-state index contributed by atoms with van der Waals surface area (Å²) in [6.45, 7) is 8.99. The standard InChI is InChI=1S/C19H30N2O/c1-4-11-21(12-5-2)17-10-9-16-7-6-8-18(19(16)13-17)15(3)20-14-22/h6-8,14-15,17H,4-5,9-13H2,1-3H3,(H,20,22). The number of carbonyl (C=O) groups excluding carboxylic acids is 1. The highest BCUT2D eigenvalue weighted by molar-refractivity contribution is 5.49. The Morgan fingerprint density at radius 1 is 1.32 bits per heavy atom. The quantitative estimate of drug-likeness (QED) is 0.746. The molecule has 3 nitrogen and oxygen atoms in total. The van der Waals surface area contributed by atoms with E-state index in [1.807, 2.05) is 0 Å². The largest absolute Gasteiger partial charge is 0.352 e. The summed E-state index contributed by atoms with van der Waals surface area (Å²) >= 11 is 0. The lowest BCUT2D eigenvalue weighted by Crippen LogP contribution is -2.40. The minimum absolute atomic E-state index is 0.0944. The fourth-order valence-corrected chi connectivity index (χ4v) is 3.76. The van der Waals surface area contributed by atoms with Crippen LogP contribution < -0.4 is 5.32 Å². The van der Waals surface area contributed by atoms with Gasteiger partial charge in [-0.1, -0.05) is 32.0 Å². The number of hydrogen-bond donors (Lipinski definition) is 1. The maximum Gasteiger partial charge on any atom is 0.207 e. The van der Waals surface area contributed by atoms with Gasteiger partial charge in [0.1, 0.15) is 0 Å². The number of rotatable bonds is 8. The van der Waals surface area contributed by atoms with Gasteiger partial charge in [0.15, 0.2) is 0 Å². The number of nitrogens with one attached hydrogen (secondary N) is 1. The van der Waals surface area contributed by atoms with Crippen LogP contribution in [0.25, 0.3) is 0 Å². The van der Waals surface area contributed by atoms with Crippen molar-refractivity contribution in [2.45, 2.75) is 65.0 Å². The summed E-state index contributed by atoms with van der Waals surface area (Å²) in [6, 6.07) is 7.31. The van der Waals surface area contributed by atoms with Crippen LogP contribution in [0.3, 0.4) is 0 Å². The predicted molar refractivity (Wildman–Crippen MR) is 92.0 cm³/mol. The van der Waals surface area contributed by atoms with Crippen LogP contribution in [0.2, 0.25) is 0 Å². The number of nitrogens with zero attached hydrogens (tertiary/aromatic N) is 1. The number of fused-ring (bicyclic) bond motifs is 1. The molecule has 1 N–H and O–H groups in total. The molecule has 0 spiro atoms. The summed E-state index contributed by atoms with van der Waals surface area (Å²) in [4.78, 5) is 13.4. The first kappa shape index (κ1) is 17.0. The van der Waals surface area contributed by atoms with Crippen LogP contribution in [0.1, 0.15) is 62.8 Å². The summed E-state index contributed by atoms with van der Waals surface area (Å²) in [5, 5.41) is 2.91. The molecule has 0 fully saturated rings. The lowest BCUT2D eigenvalue weighted by molar-refractivity contribution is -0.110. The molecule has 0 bridgehead atoms. The van der Waals surface area contributed by atoms with Gasteiger partial charge < -0.3 is 10.2 Å². The zero-order valence-corrected chi connectivity index (χ0v) is 14.3. The van der Waals surface area contributed by atoms with Gasteiger partial charge in [0.05, 0.1) is 6.04 Å². The van der Waals surface area contributed by atoms with Gasteiger partial charge in [0.25, 0.3) is 0 Å². The molecule has 22 heavy (non-hydrogen) atoms. The second-order valence-electron chi connectivity index (χ2n) is 6.42. The Morgan fingerprint density at radius 2 is 2.05 bits per heavy atom. The highest BCUT2D eigenvalue weighted by Crippen LogP contribution is 2.30. The molecule has 0 aliphatic heterocycles. The van der Waals surface area contributed by atoms with Crippen molar-refractivity contribution >= 4 is 6.41 Å². The Hall–Kier alpha value is -1.35. The Kier molecular flexibility index (Phi) is 6.44. The van der Waals surface area contributed by atoms with Gasteiger partial charge in [-0.05, 0) is 68.8 Å². The van der Waals surface area contributed by atoms with Gasteiger partial charge in [0.2, 0.25) is 6.41 Å². The van der Waals surface area contributed by atoms with E-state index in [0.717, 1.165) is 19.3 Å². The van der Waals surface area contributed by atoms with E-state index in [4.69, 9.17) is 0 Å². The first-order chi connectivity index (χ1) is 10.7. The molecule has 0 saturated carbocycles. The van der Waals surface area contributed by atoms with Gasteiger partial charge in [-0.25, -0.2) is 0 Å². The van der Waals surface area contributed by atoms with Gasteiger partial charge in [-0.15, -0.1) is 0 Å². The minimum atomic E-state index is 0.0944. The molecule has 0 heterocycles. The number of benzene rings is 1. The topological polar surface area (TPSA) is 32.3 Å². The summed E-state index contributed by atoms with van der Waals surface area (Å²) < 4.78 is 0. The van der Waals surface area contributed by atoms with Crippen LogP contribution in [0, 0.1) is 0 Å². The molecule has 0 aromatic heterocycles. The molecule has 1 aromatic rings. The lowest BCUT2D eigenvalue weighted by Gasteiger charge is -2.36. The van der Waals surface area contributed by atoms with Gasteiger partial charge in [0, 0.05) is 6.04 Å². The van der Waals surface area contributed by atoms with Crippen LogP contribution in [0.5, 0.6) is 0 Å². The third-order valence-electron chi connectivity index (χ3n) is 4.82. The van der Waals surface area contributed by atoms with Gasteiger partial charge in [-0.2, -0.15) is 0 Å². The summed E-state index contributed by atoms with van der Waals surface area (Å²) in [7, 11) is 0. The smallest absolute Gasteiger partial charge is 0.207 e. The zero-order valence-electron chi connectivity index (χ0n) is 14.3. The Morgan fingerprint density at radius 3 is 2.68 bits per heavy atom. The maximum atomic E-state index is 10.8. The van der Waals surface area contributed by atoms with E-state index >= 15 is 0 Å². The molecule has 0 radical (unpaired) electrons. The second-order valence-corrected chi connectivity index (χ2v) is 6.42. The Bertz CT molecular complexity index is 480. The van der Waals surface area contributed by atoms with Crippen LogP contribution in [0.15, 0.2) is 18.2 Å². The Balaban J connectivity index is 2.21. The minimum Gasteiger partial charge on any atom is -0.352 e. The maximum absolute atomic E-state index is 10.8. The number of aryl methyl sites for hydroxylation is 1. The van der Waals surface area contributed by atoms with E-state index in [9.17, 15) is 4.79 Å². The van der Waals surface area contributed by atoms with E-state index in [0.29, 0.717) is 6.04 Å². The molecule has 122 valence electrons. The van der Waals surface area contributed by atoms with Gasteiger partial charge >= 0.3 is 0 Å². The normalized spacial score (nSPS) is 18.8. The third kappa shape index (κ3) is 3.89. The summed E-state index contributed by atoms with van der Waals surface area (Å²) in [5.74, 6) is 0. The molecule has 2 unspecified atom stereocenters. The average Bonchev–Trinajstić information content (AvgIpc) is 2.54. The van der Waals surface area contributed by atoms with Crippen molar-refractivity contribution in [2.75, 3.05) is 13.1 Å². The Labute approximate surface area is 135 Å². The molecule has 2 rings (SSSR count). The molecule has 0 saturated heterocycles. The van der Waals surface area contributed by atoms with E-state index in [2.05, 4.69) is 49.2 Å². The third-order valence-corrected chi connectivity index (χ3v) is 4.82. The molecule has 1 amide bonds. The molecule has 3 heteroatoms. The molecular weight excluding hydrogens is 272 g/mol. The highest BCUT2D eigenvalue weighted by atomic mass is 16.1. The van der Waals surface area contributed by atoms with Crippen LogP contribution >= 0.6 is 0 Å². The highest BCUT2D eigenvalue weighted by Gasteiger charge is 2.26. The number of carbonyl (C=O) groups is 1. The fourth-order valence-electron chi connectivity index (χ4n) is 3.76. The molecule has 1 aromatic carbocycles. The number of amides is 1. The fraction of sp³-hybridized carbons (Fsp3) is 0.632. The van der Waals surface area contributed by atoms with Crippen molar-refractivity contribution in [1.82, 2.24) is 10.2 Å². The molecular formula is C19H30N2O. The van der Waals surface area contributed by atoms with E-state index in [-0.39, 0.29) is 6.04 Å². The van der Waals surface area contributed by atoms with Crippen molar-refractivity contribution < 1.29 is 4.79 Å². The summed E-state index contributed by atoms with van der Waals surface area (Å²) in [5.41, 5.74) is 4.24. The van der Waals surface area contributed by atoms with E-state index < -0.39 is 0 Å².